The third-order valence-electron chi connectivity index (χ3n) is 4.65. The van der Waals surface area contributed by atoms with E-state index in [-0.39, 0.29) is 5.69 Å². The molecule has 1 aromatic carbocycles. The zero-order valence-electron chi connectivity index (χ0n) is 15.1. The van der Waals surface area contributed by atoms with Crippen molar-refractivity contribution in [1.29, 1.82) is 0 Å². The summed E-state index contributed by atoms with van der Waals surface area (Å²) in [5, 5.41) is 4.42. The van der Waals surface area contributed by atoms with Crippen LogP contribution in [0.15, 0.2) is 24.3 Å². The van der Waals surface area contributed by atoms with Crippen molar-refractivity contribution in [3.05, 3.63) is 46.8 Å². The summed E-state index contributed by atoms with van der Waals surface area (Å²) in [5.41, 5.74) is 3.78. The fraction of sp³-hybridized carbons (Fsp3) is 0.474. The van der Waals surface area contributed by atoms with Gasteiger partial charge in [0.15, 0.2) is 5.69 Å². The molecule has 0 spiro atoms. The average molecular weight is 365 g/mol. The number of alkyl halides is 3. The van der Waals surface area contributed by atoms with Crippen LogP contribution in [-0.2, 0) is 12.8 Å². The Hall–Kier alpha value is -2.31. The number of aromatic nitrogens is 2. The molecule has 7 heteroatoms. The number of aryl methyl sites for hydroxylation is 1. The highest BCUT2D eigenvalue weighted by molar-refractivity contribution is 5.94. The van der Waals surface area contributed by atoms with E-state index >= 15 is 0 Å². The highest BCUT2D eigenvalue weighted by Crippen LogP contribution is 2.30. The first-order valence-corrected chi connectivity index (χ1v) is 8.73. The van der Waals surface area contributed by atoms with E-state index in [4.69, 9.17) is 0 Å². The second-order valence-electron chi connectivity index (χ2n) is 7.02. The molecule has 1 aromatic heterocycles. The molecule has 2 aromatic rings. The number of hydrogen-bond donors (Lipinski definition) is 0. The minimum atomic E-state index is -4.44. The Kier molecular flexibility index (Phi) is 4.82. The predicted molar refractivity (Wildman–Crippen MR) is 92.6 cm³/mol. The molecule has 0 bridgehead atoms. The van der Waals surface area contributed by atoms with E-state index < -0.39 is 24.7 Å². The molecule has 0 aliphatic heterocycles. The maximum atomic E-state index is 12.9. The molecule has 0 saturated carbocycles. The first-order valence-electron chi connectivity index (χ1n) is 8.73. The van der Waals surface area contributed by atoms with E-state index in [0.29, 0.717) is 6.42 Å². The fourth-order valence-corrected chi connectivity index (χ4v) is 3.33. The van der Waals surface area contributed by atoms with Crippen LogP contribution in [-0.4, -0.2) is 39.4 Å². The number of nitrogens with zero attached hydrogens (tertiary/aromatic N) is 3. The average Bonchev–Trinajstić information content (AvgIpc) is 3.14. The van der Waals surface area contributed by atoms with Crippen LogP contribution in [0.4, 0.5) is 13.2 Å². The SMILES string of the molecule is Cc1ccc(-n2nc(C(=O)N(CC(F)(F)F)C(C)C)c3c2CCC3)cc1. The Morgan fingerprint density at radius 2 is 1.88 bits per heavy atom. The van der Waals surface area contributed by atoms with Gasteiger partial charge in [-0.25, -0.2) is 4.68 Å². The Morgan fingerprint density at radius 1 is 1.23 bits per heavy atom. The molecule has 0 N–H and O–H groups in total. The Morgan fingerprint density at radius 3 is 2.46 bits per heavy atom. The number of rotatable bonds is 4. The van der Waals surface area contributed by atoms with Gasteiger partial charge in [-0.2, -0.15) is 18.3 Å². The van der Waals surface area contributed by atoms with Crippen molar-refractivity contribution in [2.75, 3.05) is 6.54 Å². The number of amides is 1. The summed E-state index contributed by atoms with van der Waals surface area (Å²) in [4.78, 5) is 13.7. The third kappa shape index (κ3) is 3.61. The third-order valence-corrected chi connectivity index (χ3v) is 4.65. The lowest BCUT2D eigenvalue weighted by molar-refractivity contribution is -0.143. The van der Waals surface area contributed by atoms with Gasteiger partial charge in [0.1, 0.15) is 6.54 Å². The van der Waals surface area contributed by atoms with Crippen molar-refractivity contribution in [1.82, 2.24) is 14.7 Å². The minimum Gasteiger partial charge on any atom is -0.326 e. The Labute approximate surface area is 150 Å². The van der Waals surface area contributed by atoms with E-state index in [9.17, 15) is 18.0 Å². The summed E-state index contributed by atoms with van der Waals surface area (Å²) >= 11 is 0. The molecule has 1 amide bonds. The number of carbonyl (C=O) groups is 1. The molecule has 4 nitrogen and oxygen atoms in total. The molecule has 3 rings (SSSR count). The van der Waals surface area contributed by atoms with Crippen LogP contribution >= 0.6 is 0 Å². The zero-order valence-corrected chi connectivity index (χ0v) is 15.1. The van der Waals surface area contributed by atoms with Gasteiger partial charge < -0.3 is 4.90 Å². The van der Waals surface area contributed by atoms with Gasteiger partial charge in [-0.1, -0.05) is 17.7 Å². The number of fused-ring (bicyclic) bond motifs is 1. The number of halogens is 3. The molecule has 0 fully saturated rings. The maximum absolute atomic E-state index is 12.9. The van der Waals surface area contributed by atoms with Gasteiger partial charge in [0.2, 0.25) is 0 Å². The summed E-state index contributed by atoms with van der Waals surface area (Å²) in [7, 11) is 0. The highest BCUT2D eigenvalue weighted by Gasteiger charge is 2.37. The normalized spacial score (nSPS) is 14.0. The van der Waals surface area contributed by atoms with E-state index in [1.807, 2.05) is 31.2 Å². The first-order chi connectivity index (χ1) is 12.2. The van der Waals surface area contributed by atoms with Crippen LogP contribution in [0.25, 0.3) is 5.69 Å². The molecule has 140 valence electrons. The number of benzene rings is 1. The van der Waals surface area contributed by atoms with Gasteiger partial charge in [0, 0.05) is 17.3 Å². The maximum Gasteiger partial charge on any atom is 0.406 e. The zero-order chi connectivity index (χ0) is 19.1. The van der Waals surface area contributed by atoms with Crippen LogP contribution in [0.3, 0.4) is 0 Å². The largest absolute Gasteiger partial charge is 0.406 e. The van der Waals surface area contributed by atoms with E-state index in [1.165, 1.54) is 0 Å². The highest BCUT2D eigenvalue weighted by atomic mass is 19.4. The van der Waals surface area contributed by atoms with Crippen LogP contribution in [0, 0.1) is 6.92 Å². The molecule has 26 heavy (non-hydrogen) atoms. The standard InChI is InChI=1S/C19H22F3N3O/c1-12(2)24(11-19(20,21)22)18(26)17-15-5-4-6-16(15)25(23-17)14-9-7-13(3)8-10-14/h7-10,12H,4-6,11H2,1-3H3. The lowest BCUT2D eigenvalue weighted by Gasteiger charge is -2.27. The first kappa shape index (κ1) is 18.5. The summed E-state index contributed by atoms with van der Waals surface area (Å²) < 4.78 is 40.4. The van der Waals surface area contributed by atoms with Crippen molar-refractivity contribution in [2.24, 2.45) is 0 Å². The van der Waals surface area contributed by atoms with E-state index in [2.05, 4.69) is 5.10 Å². The Bertz CT molecular complexity index is 807. The van der Waals surface area contributed by atoms with Crippen molar-refractivity contribution in [2.45, 2.75) is 52.3 Å². The minimum absolute atomic E-state index is 0.149. The molecule has 0 atom stereocenters. The smallest absolute Gasteiger partial charge is 0.326 e. The van der Waals surface area contributed by atoms with Gasteiger partial charge in [-0.3, -0.25) is 4.79 Å². The van der Waals surface area contributed by atoms with Gasteiger partial charge in [0.05, 0.1) is 5.69 Å². The van der Waals surface area contributed by atoms with Gasteiger partial charge >= 0.3 is 6.18 Å². The lowest BCUT2D eigenvalue weighted by atomic mass is 10.1. The molecule has 1 aliphatic rings. The van der Waals surface area contributed by atoms with Crippen LogP contribution in [0.5, 0.6) is 0 Å². The molecule has 1 heterocycles. The van der Waals surface area contributed by atoms with E-state index in [1.54, 1.807) is 18.5 Å². The predicted octanol–water partition coefficient (Wildman–Crippen LogP) is 4.08. The topological polar surface area (TPSA) is 38.1 Å². The van der Waals surface area contributed by atoms with Crippen molar-refractivity contribution < 1.29 is 18.0 Å². The molecular weight excluding hydrogens is 343 g/mol. The van der Waals surface area contributed by atoms with Crippen molar-refractivity contribution in [3.63, 3.8) is 0 Å². The van der Waals surface area contributed by atoms with E-state index in [0.717, 1.165) is 40.2 Å². The molecule has 0 unspecified atom stereocenters. The molecule has 0 saturated heterocycles. The molecule has 1 aliphatic carbocycles. The van der Waals surface area contributed by atoms with Crippen molar-refractivity contribution in [3.8, 4) is 5.69 Å². The summed E-state index contributed by atoms with van der Waals surface area (Å²) in [6.45, 7) is 3.88. The summed E-state index contributed by atoms with van der Waals surface area (Å²) in [6, 6.07) is 7.15. The van der Waals surface area contributed by atoms with Gasteiger partial charge in [-0.15, -0.1) is 0 Å². The lowest BCUT2D eigenvalue weighted by Crippen LogP contribution is -2.43. The second kappa shape index (κ2) is 6.78. The summed E-state index contributed by atoms with van der Waals surface area (Å²) in [5.74, 6) is -0.652. The van der Waals surface area contributed by atoms with Crippen molar-refractivity contribution >= 4 is 5.91 Å². The van der Waals surface area contributed by atoms with Crippen LogP contribution in [0.2, 0.25) is 0 Å². The van der Waals surface area contributed by atoms with Crippen LogP contribution in [0.1, 0.15) is 47.6 Å². The molecule has 0 radical (unpaired) electrons. The fourth-order valence-electron chi connectivity index (χ4n) is 3.33. The Balaban J connectivity index is 2.01. The molecular formula is C19H22F3N3O. The summed E-state index contributed by atoms with van der Waals surface area (Å²) in [6.07, 6.45) is -2.13. The second-order valence-corrected chi connectivity index (χ2v) is 7.02. The monoisotopic (exact) mass is 365 g/mol. The van der Waals surface area contributed by atoms with Gasteiger partial charge in [0.25, 0.3) is 5.91 Å². The number of hydrogen-bond acceptors (Lipinski definition) is 2. The van der Waals surface area contributed by atoms with Gasteiger partial charge in [-0.05, 0) is 52.2 Å². The van der Waals surface area contributed by atoms with Crippen LogP contribution < -0.4 is 0 Å². The number of carbonyl (C=O) groups excluding carboxylic acids is 1. The quantitative estimate of drug-likeness (QED) is 0.819.